The average molecular weight is 246 g/mol. The van der Waals surface area contributed by atoms with Crippen LogP contribution in [0.3, 0.4) is 0 Å². The summed E-state index contributed by atoms with van der Waals surface area (Å²) in [5.74, 6) is -0.541. The van der Waals surface area contributed by atoms with E-state index in [1.165, 1.54) is 12.1 Å². The number of sulfonamides is 1. The number of nitrogens with two attached hydrogens (primary N) is 1. The SMILES string of the molecule is CC(C)CNS(=O)(=O)c1ccc(N)c(F)c1. The molecule has 1 rings (SSSR count). The van der Waals surface area contributed by atoms with Crippen LogP contribution >= 0.6 is 0 Å². The van der Waals surface area contributed by atoms with Gasteiger partial charge in [0.1, 0.15) is 5.82 Å². The fourth-order valence-corrected chi connectivity index (χ4v) is 2.26. The molecule has 0 spiro atoms. The summed E-state index contributed by atoms with van der Waals surface area (Å²) in [4.78, 5) is -0.111. The van der Waals surface area contributed by atoms with E-state index in [4.69, 9.17) is 5.73 Å². The van der Waals surface area contributed by atoms with Crippen molar-refractivity contribution >= 4 is 15.7 Å². The maximum Gasteiger partial charge on any atom is 0.240 e. The molecular formula is C10H15FN2O2S. The fraction of sp³-hybridized carbons (Fsp3) is 0.400. The summed E-state index contributed by atoms with van der Waals surface area (Å²) in [7, 11) is -3.64. The number of benzene rings is 1. The maximum atomic E-state index is 13.1. The summed E-state index contributed by atoms with van der Waals surface area (Å²) in [6.45, 7) is 4.08. The van der Waals surface area contributed by atoms with Gasteiger partial charge in [-0.1, -0.05) is 13.8 Å². The van der Waals surface area contributed by atoms with Gasteiger partial charge >= 0.3 is 0 Å². The van der Waals surface area contributed by atoms with Crippen molar-refractivity contribution < 1.29 is 12.8 Å². The van der Waals surface area contributed by atoms with Crippen molar-refractivity contribution in [2.45, 2.75) is 18.7 Å². The van der Waals surface area contributed by atoms with Gasteiger partial charge in [-0.05, 0) is 24.1 Å². The summed E-state index contributed by atoms with van der Waals surface area (Å²) in [6, 6.07) is 3.43. The Hall–Kier alpha value is -1.14. The van der Waals surface area contributed by atoms with Gasteiger partial charge in [0.25, 0.3) is 0 Å². The largest absolute Gasteiger partial charge is 0.396 e. The molecule has 1 aromatic rings. The van der Waals surface area contributed by atoms with Gasteiger partial charge in [-0.15, -0.1) is 0 Å². The van der Waals surface area contributed by atoms with Crippen LogP contribution in [-0.4, -0.2) is 15.0 Å². The molecule has 0 saturated carbocycles. The van der Waals surface area contributed by atoms with Crippen molar-refractivity contribution in [3.8, 4) is 0 Å². The first-order valence-electron chi connectivity index (χ1n) is 4.87. The van der Waals surface area contributed by atoms with Crippen LogP contribution in [0.4, 0.5) is 10.1 Å². The molecule has 6 heteroatoms. The van der Waals surface area contributed by atoms with E-state index in [0.717, 1.165) is 6.07 Å². The molecule has 16 heavy (non-hydrogen) atoms. The van der Waals surface area contributed by atoms with Crippen LogP contribution < -0.4 is 10.5 Å². The maximum absolute atomic E-state index is 13.1. The third-order valence-electron chi connectivity index (χ3n) is 1.96. The molecule has 90 valence electrons. The smallest absolute Gasteiger partial charge is 0.240 e. The Morgan fingerprint density at radius 3 is 2.56 bits per heavy atom. The van der Waals surface area contributed by atoms with Crippen LogP contribution in [0.25, 0.3) is 0 Å². The third kappa shape index (κ3) is 3.18. The van der Waals surface area contributed by atoms with Gasteiger partial charge in [0.05, 0.1) is 10.6 Å². The van der Waals surface area contributed by atoms with Crippen molar-refractivity contribution in [3.05, 3.63) is 24.0 Å². The minimum absolute atomic E-state index is 0.0668. The molecule has 0 unspecified atom stereocenters. The van der Waals surface area contributed by atoms with Crippen LogP contribution in [0, 0.1) is 11.7 Å². The van der Waals surface area contributed by atoms with Crippen molar-refractivity contribution in [1.29, 1.82) is 0 Å². The van der Waals surface area contributed by atoms with E-state index in [-0.39, 0.29) is 16.5 Å². The molecule has 0 aromatic heterocycles. The number of hydrogen-bond donors (Lipinski definition) is 2. The Kier molecular flexibility index (Phi) is 3.88. The molecule has 3 N–H and O–H groups in total. The highest BCUT2D eigenvalue weighted by Crippen LogP contribution is 2.16. The van der Waals surface area contributed by atoms with E-state index in [1.807, 2.05) is 13.8 Å². The minimum atomic E-state index is -3.64. The quantitative estimate of drug-likeness (QED) is 0.787. The molecular weight excluding hydrogens is 231 g/mol. The van der Waals surface area contributed by atoms with Crippen LogP contribution in [0.1, 0.15) is 13.8 Å². The molecule has 1 aromatic carbocycles. The second-order valence-corrected chi connectivity index (χ2v) is 5.70. The van der Waals surface area contributed by atoms with Gasteiger partial charge in [-0.2, -0.15) is 0 Å². The van der Waals surface area contributed by atoms with Gasteiger partial charge in [0.15, 0.2) is 0 Å². The standard InChI is InChI=1S/C10H15FN2O2S/c1-7(2)6-13-16(14,15)8-3-4-10(12)9(11)5-8/h3-5,7,13H,6,12H2,1-2H3. The van der Waals surface area contributed by atoms with Gasteiger partial charge in [0.2, 0.25) is 10.0 Å². The second kappa shape index (κ2) is 4.80. The number of nitrogen functional groups attached to an aromatic ring is 1. The first kappa shape index (κ1) is 12.9. The predicted molar refractivity (Wildman–Crippen MR) is 60.8 cm³/mol. The predicted octanol–water partition coefficient (Wildman–Crippen LogP) is 1.34. The first-order valence-corrected chi connectivity index (χ1v) is 6.36. The normalized spacial score (nSPS) is 12.0. The highest BCUT2D eigenvalue weighted by atomic mass is 32.2. The summed E-state index contributed by atoms with van der Waals surface area (Å²) >= 11 is 0. The van der Waals surface area contributed by atoms with E-state index in [9.17, 15) is 12.8 Å². The molecule has 0 atom stereocenters. The lowest BCUT2D eigenvalue weighted by molar-refractivity contribution is 0.558. The molecule has 0 heterocycles. The second-order valence-electron chi connectivity index (χ2n) is 3.93. The third-order valence-corrected chi connectivity index (χ3v) is 3.39. The number of halogens is 1. The van der Waals surface area contributed by atoms with Crippen LogP contribution in [0.2, 0.25) is 0 Å². The lowest BCUT2D eigenvalue weighted by atomic mass is 10.2. The number of rotatable bonds is 4. The van der Waals surface area contributed by atoms with Gasteiger partial charge < -0.3 is 5.73 Å². The molecule has 0 amide bonds. The summed E-state index contributed by atoms with van der Waals surface area (Å²) in [5.41, 5.74) is 5.20. The van der Waals surface area contributed by atoms with E-state index in [2.05, 4.69) is 4.72 Å². The van der Waals surface area contributed by atoms with Crippen LogP contribution in [-0.2, 0) is 10.0 Å². The Labute approximate surface area is 94.7 Å². The van der Waals surface area contributed by atoms with E-state index in [1.54, 1.807) is 0 Å². The van der Waals surface area contributed by atoms with E-state index < -0.39 is 15.8 Å². The fourth-order valence-electron chi connectivity index (χ4n) is 1.03. The zero-order valence-electron chi connectivity index (χ0n) is 9.20. The van der Waals surface area contributed by atoms with Crippen molar-refractivity contribution in [2.75, 3.05) is 12.3 Å². The number of nitrogens with one attached hydrogen (secondary N) is 1. The first-order chi connectivity index (χ1) is 7.33. The zero-order valence-corrected chi connectivity index (χ0v) is 10.0. The molecule has 0 bridgehead atoms. The van der Waals surface area contributed by atoms with Gasteiger partial charge in [-0.25, -0.2) is 17.5 Å². The summed E-state index contributed by atoms with van der Waals surface area (Å²) in [5, 5.41) is 0. The van der Waals surface area contributed by atoms with Crippen molar-refractivity contribution in [1.82, 2.24) is 4.72 Å². The number of anilines is 1. The van der Waals surface area contributed by atoms with Gasteiger partial charge in [-0.3, -0.25) is 0 Å². The summed E-state index contributed by atoms with van der Waals surface area (Å²) < 4.78 is 38.8. The average Bonchev–Trinajstić information content (AvgIpc) is 2.19. The molecule has 0 aliphatic carbocycles. The molecule has 0 aliphatic rings. The highest BCUT2D eigenvalue weighted by Gasteiger charge is 2.15. The highest BCUT2D eigenvalue weighted by molar-refractivity contribution is 7.89. The Morgan fingerprint density at radius 1 is 1.44 bits per heavy atom. The van der Waals surface area contributed by atoms with E-state index >= 15 is 0 Å². The molecule has 0 fully saturated rings. The Morgan fingerprint density at radius 2 is 2.06 bits per heavy atom. The number of hydrogen-bond acceptors (Lipinski definition) is 3. The monoisotopic (exact) mass is 246 g/mol. The molecule has 0 radical (unpaired) electrons. The molecule has 0 saturated heterocycles. The van der Waals surface area contributed by atoms with Crippen LogP contribution in [0.5, 0.6) is 0 Å². The van der Waals surface area contributed by atoms with Crippen molar-refractivity contribution in [2.24, 2.45) is 5.92 Å². The van der Waals surface area contributed by atoms with Gasteiger partial charge in [0, 0.05) is 6.54 Å². The van der Waals surface area contributed by atoms with E-state index in [0.29, 0.717) is 6.54 Å². The Bertz CT molecular complexity index is 472. The molecule has 4 nitrogen and oxygen atoms in total. The Balaban J connectivity index is 2.94. The summed E-state index contributed by atoms with van der Waals surface area (Å²) in [6.07, 6.45) is 0. The lowest BCUT2D eigenvalue weighted by Gasteiger charge is -2.09. The topological polar surface area (TPSA) is 72.2 Å². The molecule has 0 aliphatic heterocycles. The van der Waals surface area contributed by atoms with Crippen LogP contribution in [0.15, 0.2) is 23.1 Å². The van der Waals surface area contributed by atoms with Crippen molar-refractivity contribution in [3.63, 3.8) is 0 Å². The minimum Gasteiger partial charge on any atom is -0.396 e. The lowest BCUT2D eigenvalue weighted by Crippen LogP contribution is -2.27. The zero-order chi connectivity index (χ0) is 12.3.